The SMILES string of the molecule is Cc1nc2c(C3CCC(F)(F)CC3)cc([C@@H]3CCO[C@H](c4ccnc(C5CC5)c4)C3)nn2c(=O)c1C. The molecule has 190 valence electrons. The number of aryl methyl sites for hydroxylation is 1. The van der Waals surface area contributed by atoms with Crippen LogP contribution in [0.3, 0.4) is 0 Å². The molecule has 3 aromatic rings. The number of nitrogens with zero attached hydrogens (tertiary/aromatic N) is 4. The number of ether oxygens (including phenoxy) is 1. The van der Waals surface area contributed by atoms with Gasteiger partial charge >= 0.3 is 0 Å². The van der Waals surface area contributed by atoms with E-state index in [1.165, 1.54) is 17.4 Å². The summed E-state index contributed by atoms with van der Waals surface area (Å²) >= 11 is 0. The first-order valence-electron chi connectivity index (χ1n) is 13.2. The van der Waals surface area contributed by atoms with Gasteiger partial charge in [0.2, 0.25) is 5.92 Å². The van der Waals surface area contributed by atoms with Gasteiger partial charge in [0.05, 0.1) is 11.8 Å². The quantitative estimate of drug-likeness (QED) is 0.451. The third kappa shape index (κ3) is 4.44. The topological polar surface area (TPSA) is 69.4 Å². The maximum atomic E-state index is 13.9. The van der Waals surface area contributed by atoms with E-state index in [-0.39, 0.29) is 36.3 Å². The second-order valence-electron chi connectivity index (χ2n) is 10.9. The molecule has 2 aliphatic carbocycles. The zero-order valence-electron chi connectivity index (χ0n) is 20.8. The van der Waals surface area contributed by atoms with Crippen molar-refractivity contribution in [2.45, 2.75) is 95.0 Å². The highest BCUT2D eigenvalue weighted by atomic mass is 19.3. The van der Waals surface area contributed by atoms with Crippen molar-refractivity contribution in [2.24, 2.45) is 0 Å². The van der Waals surface area contributed by atoms with E-state index < -0.39 is 5.92 Å². The first-order chi connectivity index (χ1) is 17.3. The van der Waals surface area contributed by atoms with E-state index in [0.717, 1.165) is 35.4 Å². The molecule has 1 aliphatic heterocycles. The third-order valence-electron chi connectivity index (χ3n) is 8.34. The lowest BCUT2D eigenvalue weighted by molar-refractivity contribution is -0.0382. The highest BCUT2D eigenvalue weighted by molar-refractivity contribution is 5.51. The molecule has 0 amide bonds. The minimum absolute atomic E-state index is 0.0619. The van der Waals surface area contributed by atoms with E-state index in [4.69, 9.17) is 14.8 Å². The molecule has 2 atom stereocenters. The second-order valence-corrected chi connectivity index (χ2v) is 10.9. The van der Waals surface area contributed by atoms with E-state index in [1.54, 1.807) is 6.92 Å². The summed E-state index contributed by atoms with van der Waals surface area (Å²) in [6.07, 6.45) is 6.24. The largest absolute Gasteiger partial charge is 0.373 e. The van der Waals surface area contributed by atoms with Crippen LogP contribution in [0.5, 0.6) is 0 Å². The predicted octanol–water partition coefficient (Wildman–Crippen LogP) is 5.91. The molecule has 0 spiro atoms. The molecule has 1 saturated heterocycles. The minimum Gasteiger partial charge on any atom is -0.373 e. The van der Waals surface area contributed by atoms with Crippen molar-refractivity contribution in [2.75, 3.05) is 6.61 Å². The van der Waals surface area contributed by atoms with E-state index in [2.05, 4.69) is 11.1 Å². The molecular weight excluding hydrogens is 462 g/mol. The second kappa shape index (κ2) is 8.98. The Balaban J connectivity index is 1.37. The smallest absolute Gasteiger partial charge is 0.277 e. The minimum atomic E-state index is -2.61. The zero-order valence-corrected chi connectivity index (χ0v) is 20.8. The van der Waals surface area contributed by atoms with Gasteiger partial charge in [0.15, 0.2) is 5.65 Å². The van der Waals surface area contributed by atoms with Crippen LogP contribution in [0, 0.1) is 13.8 Å². The third-order valence-corrected chi connectivity index (χ3v) is 8.34. The number of hydrogen-bond donors (Lipinski definition) is 0. The van der Waals surface area contributed by atoms with E-state index in [0.29, 0.717) is 42.3 Å². The normalized spacial score (nSPS) is 24.8. The van der Waals surface area contributed by atoms with Gasteiger partial charge in [-0.2, -0.15) is 9.61 Å². The molecule has 0 bridgehead atoms. The van der Waals surface area contributed by atoms with Gasteiger partial charge < -0.3 is 4.74 Å². The number of fused-ring (bicyclic) bond motifs is 1. The van der Waals surface area contributed by atoms with Gasteiger partial charge in [-0.05, 0) is 82.1 Å². The summed E-state index contributed by atoms with van der Waals surface area (Å²) in [4.78, 5) is 22.5. The van der Waals surface area contributed by atoms with Crippen LogP contribution in [-0.2, 0) is 4.74 Å². The molecule has 0 N–H and O–H groups in total. The molecule has 36 heavy (non-hydrogen) atoms. The van der Waals surface area contributed by atoms with Crippen molar-refractivity contribution in [1.82, 2.24) is 19.6 Å². The van der Waals surface area contributed by atoms with E-state index in [1.807, 2.05) is 25.3 Å². The average Bonchev–Trinajstić information content (AvgIpc) is 3.73. The lowest BCUT2D eigenvalue weighted by Crippen LogP contribution is -2.28. The molecule has 3 aromatic heterocycles. The predicted molar refractivity (Wildman–Crippen MR) is 132 cm³/mol. The van der Waals surface area contributed by atoms with Crippen molar-refractivity contribution >= 4 is 5.65 Å². The maximum absolute atomic E-state index is 13.9. The van der Waals surface area contributed by atoms with Gasteiger partial charge in [-0.3, -0.25) is 9.78 Å². The molecule has 0 radical (unpaired) electrons. The summed E-state index contributed by atoms with van der Waals surface area (Å²) < 4.78 is 35.5. The fourth-order valence-electron chi connectivity index (χ4n) is 5.76. The Morgan fingerprint density at radius 3 is 2.53 bits per heavy atom. The van der Waals surface area contributed by atoms with Crippen molar-refractivity contribution in [3.05, 3.63) is 68.5 Å². The summed E-state index contributed by atoms with van der Waals surface area (Å²) in [7, 11) is 0. The van der Waals surface area contributed by atoms with Crippen molar-refractivity contribution in [3.63, 3.8) is 0 Å². The Morgan fingerprint density at radius 1 is 1.00 bits per heavy atom. The number of rotatable bonds is 4. The number of aromatic nitrogens is 4. The summed E-state index contributed by atoms with van der Waals surface area (Å²) in [5, 5.41) is 4.79. The maximum Gasteiger partial charge on any atom is 0.277 e. The molecule has 0 unspecified atom stereocenters. The summed E-state index contributed by atoms with van der Waals surface area (Å²) in [6, 6.07) is 6.24. The van der Waals surface area contributed by atoms with E-state index in [9.17, 15) is 13.6 Å². The average molecular weight is 495 g/mol. The number of alkyl halides is 2. The Kier molecular flexibility index (Phi) is 5.90. The van der Waals surface area contributed by atoms with E-state index >= 15 is 0 Å². The first-order valence-corrected chi connectivity index (χ1v) is 13.2. The highest BCUT2D eigenvalue weighted by Crippen LogP contribution is 2.44. The van der Waals surface area contributed by atoms with Gasteiger partial charge in [0, 0.05) is 60.0 Å². The number of pyridine rings is 1. The van der Waals surface area contributed by atoms with Gasteiger partial charge in [0.25, 0.3) is 5.56 Å². The molecule has 6 rings (SSSR count). The molecule has 2 saturated carbocycles. The lowest BCUT2D eigenvalue weighted by atomic mass is 9.81. The number of hydrogen-bond acceptors (Lipinski definition) is 5. The molecule has 6 nitrogen and oxygen atoms in total. The lowest BCUT2D eigenvalue weighted by Gasteiger charge is -2.31. The Labute approximate surface area is 209 Å². The van der Waals surface area contributed by atoms with Crippen LogP contribution in [0.4, 0.5) is 8.78 Å². The van der Waals surface area contributed by atoms with Crippen LogP contribution in [0.1, 0.15) is 109 Å². The fraction of sp³-hybridized carbons (Fsp3) is 0.571. The van der Waals surface area contributed by atoms with Crippen LogP contribution in [-0.4, -0.2) is 32.1 Å². The van der Waals surface area contributed by atoms with Gasteiger partial charge in [-0.15, -0.1) is 0 Å². The van der Waals surface area contributed by atoms with Crippen LogP contribution in [0.25, 0.3) is 5.65 Å². The van der Waals surface area contributed by atoms with Crippen molar-refractivity contribution < 1.29 is 13.5 Å². The van der Waals surface area contributed by atoms with Crippen LogP contribution in [0.2, 0.25) is 0 Å². The monoisotopic (exact) mass is 494 g/mol. The molecule has 0 aromatic carbocycles. The van der Waals surface area contributed by atoms with Gasteiger partial charge in [0.1, 0.15) is 0 Å². The van der Waals surface area contributed by atoms with Crippen LogP contribution in [0.15, 0.2) is 29.2 Å². The fourth-order valence-corrected chi connectivity index (χ4v) is 5.76. The Morgan fingerprint density at radius 2 is 1.78 bits per heavy atom. The molecule has 8 heteroatoms. The molecule has 3 aliphatic rings. The molecule has 3 fully saturated rings. The van der Waals surface area contributed by atoms with Gasteiger partial charge in [-0.25, -0.2) is 13.8 Å². The Hall–Kier alpha value is -2.74. The van der Waals surface area contributed by atoms with Crippen LogP contribution < -0.4 is 5.56 Å². The summed E-state index contributed by atoms with van der Waals surface area (Å²) in [5.41, 5.74) is 5.52. The summed E-state index contributed by atoms with van der Waals surface area (Å²) in [5.74, 6) is -2.00. The standard InChI is InChI=1S/C28H32F2N4O2/c1-16-17(2)32-26-22(18-5-9-28(29,30)10-6-18)15-24(33-34(26)27(16)35)20-8-12-36-25(14-20)21-7-11-31-23(13-21)19-3-4-19/h7,11,13,15,18-20,25H,3-6,8-10,12,14H2,1-2H3/t20-,25+/m1/s1. The van der Waals surface area contributed by atoms with Crippen LogP contribution >= 0.6 is 0 Å². The molecule has 4 heterocycles. The summed E-state index contributed by atoms with van der Waals surface area (Å²) in [6.45, 7) is 4.18. The Bertz CT molecular complexity index is 1360. The van der Waals surface area contributed by atoms with Crippen molar-refractivity contribution in [3.8, 4) is 0 Å². The van der Waals surface area contributed by atoms with Gasteiger partial charge in [-0.1, -0.05) is 0 Å². The zero-order chi connectivity index (χ0) is 25.0. The highest BCUT2D eigenvalue weighted by Gasteiger charge is 2.37. The molecular formula is C28H32F2N4O2. The van der Waals surface area contributed by atoms with Crippen molar-refractivity contribution in [1.29, 1.82) is 0 Å². The number of halogens is 2. The first kappa shape index (κ1) is 23.6.